The van der Waals surface area contributed by atoms with Gasteiger partial charge in [-0.05, 0) is 65.8 Å². The maximum Gasteiger partial charge on any atom is 0.154 e. The molecule has 0 N–H and O–H groups in total. The molecule has 2 aliphatic rings. The lowest BCUT2D eigenvalue weighted by atomic mass is 10.00. The van der Waals surface area contributed by atoms with E-state index in [0.717, 1.165) is 49.8 Å². The molecule has 2 aromatic heterocycles. The fourth-order valence-electron chi connectivity index (χ4n) is 3.89. The number of aromatic nitrogens is 7. The predicted molar refractivity (Wildman–Crippen MR) is 93.1 cm³/mol. The summed E-state index contributed by atoms with van der Waals surface area (Å²) in [7, 11) is 0. The second-order valence-corrected chi connectivity index (χ2v) is 7.00. The Bertz CT molecular complexity index is 896. The van der Waals surface area contributed by atoms with Crippen LogP contribution in [0.15, 0.2) is 24.5 Å². The summed E-state index contributed by atoms with van der Waals surface area (Å²) in [6.07, 6.45) is 7.11. The number of aryl methyl sites for hydroxylation is 2. The zero-order chi connectivity index (χ0) is 17.3. The normalized spacial score (nSPS) is 17.5. The Morgan fingerprint density at radius 3 is 2.85 bits per heavy atom. The molecule has 8 nitrogen and oxygen atoms in total. The third-order valence-electron chi connectivity index (χ3n) is 5.30. The van der Waals surface area contributed by atoms with Crippen LogP contribution in [0.4, 0.5) is 0 Å². The summed E-state index contributed by atoms with van der Waals surface area (Å²) < 4.78 is 9.13. The number of hydrogen-bond acceptors (Lipinski definition) is 6. The van der Waals surface area contributed by atoms with Crippen LogP contribution in [-0.4, -0.2) is 48.2 Å². The minimum Gasteiger partial charge on any atom is -0.381 e. The van der Waals surface area contributed by atoms with E-state index in [1.54, 1.807) is 11.0 Å². The van der Waals surface area contributed by atoms with Gasteiger partial charge in [0.25, 0.3) is 0 Å². The smallest absolute Gasteiger partial charge is 0.154 e. The SMILES string of the molecule is c1cc2c(cc1-n1nc(C3CCOCC3)nc1Cn1cnnn1)CCC2. The quantitative estimate of drug-likeness (QED) is 0.711. The Morgan fingerprint density at radius 1 is 1.12 bits per heavy atom. The third kappa shape index (κ3) is 2.90. The minimum absolute atomic E-state index is 0.354. The zero-order valence-corrected chi connectivity index (χ0v) is 14.6. The first-order valence-corrected chi connectivity index (χ1v) is 9.23. The van der Waals surface area contributed by atoms with Gasteiger partial charge in [0.05, 0.1) is 5.69 Å². The number of benzene rings is 1. The molecule has 0 radical (unpaired) electrons. The maximum absolute atomic E-state index is 5.49. The Kier molecular flexibility index (Phi) is 3.97. The Hall–Kier alpha value is -2.61. The molecule has 8 heteroatoms. The number of fused-ring (bicyclic) bond motifs is 1. The van der Waals surface area contributed by atoms with Gasteiger partial charge in [-0.15, -0.1) is 5.10 Å². The van der Waals surface area contributed by atoms with Crippen molar-refractivity contribution in [2.24, 2.45) is 0 Å². The summed E-state index contributed by atoms with van der Waals surface area (Å²) in [6.45, 7) is 2.06. The topological polar surface area (TPSA) is 83.5 Å². The van der Waals surface area contributed by atoms with E-state index in [1.165, 1.54) is 24.0 Å². The van der Waals surface area contributed by atoms with Gasteiger partial charge in [-0.3, -0.25) is 0 Å². The molecule has 3 aromatic rings. The van der Waals surface area contributed by atoms with Gasteiger partial charge in [0.1, 0.15) is 12.9 Å². The number of hydrogen-bond donors (Lipinski definition) is 0. The molecule has 1 aliphatic carbocycles. The van der Waals surface area contributed by atoms with Crippen LogP contribution in [-0.2, 0) is 24.1 Å². The van der Waals surface area contributed by atoms with Gasteiger partial charge in [0, 0.05) is 19.1 Å². The zero-order valence-electron chi connectivity index (χ0n) is 14.6. The van der Waals surface area contributed by atoms with Gasteiger partial charge in [0.15, 0.2) is 11.6 Å². The lowest BCUT2D eigenvalue weighted by Gasteiger charge is -2.18. The van der Waals surface area contributed by atoms with Crippen LogP contribution >= 0.6 is 0 Å². The summed E-state index contributed by atoms with van der Waals surface area (Å²) in [6, 6.07) is 6.64. The molecule has 0 spiro atoms. The maximum atomic E-state index is 5.49. The highest BCUT2D eigenvalue weighted by Gasteiger charge is 2.23. The average Bonchev–Trinajstić information content (AvgIpc) is 3.43. The van der Waals surface area contributed by atoms with Crippen LogP contribution in [0.25, 0.3) is 5.69 Å². The van der Waals surface area contributed by atoms with E-state index in [0.29, 0.717) is 12.5 Å². The highest BCUT2D eigenvalue weighted by atomic mass is 16.5. The lowest BCUT2D eigenvalue weighted by molar-refractivity contribution is 0.0836. The third-order valence-corrected chi connectivity index (χ3v) is 5.30. The van der Waals surface area contributed by atoms with E-state index in [9.17, 15) is 0 Å². The summed E-state index contributed by atoms with van der Waals surface area (Å²) in [5.41, 5.74) is 3.96. The van der Waals surface area contributed by atoms with Crippen molar-refractivity contribution in [2.45, 2.75) is 44.6 Å². The van der Waals surface area contributed by atoms with Gasteiger partial charge in [0.2, 0.25) is 0 Å². The highest BCUT2D eigenvalue weighted by Crippen LogP contribution is 2.28. The van der Waals surface area contributed by atoms with Gasteiger partial charge >= 0.3 is 0 Å². The summed E-state index contributed by atoms with van der Waals surface area (Å²) >= 11 is 0. The summed E-state index contributed by atoms with van der Waals surface area (Å²) in [4.78, 5) is 4.86. The molecule has 0 amide bonds. The van der Waals surface area contributed by atoms with E-state index in [4.69, 9.17) is 14.8 Å². The second kappa shape index (κ2) is 6.60. The monoisotopic (exact) mass is 351 g/mol. The predicted octanol–water partition coefficient (Wildman–Crippen LogP) is 1.68. The molecule has 1 fully saturated rings. The van der Waals surface area contributed by atoms with E-state index < -0.39 is 0 Å². The fraction of sp³-hybridized carbons (Fsp3) is 0.500. The van der Waals surface area contributed by atoms with Gasteiger partial charge in [-0.2, -0.15) is 5.10 Å². The lowest BCUT2D eigenvalue weighted by Crippen LogP contribution is -2.15. The Balaban J connectivity index is 1.54. The molecule has 0 atom stereocenters. The van der Waals surface area contributed by atoms with E-state index in [2.05, 4.69) is 33.7 Å². The largest absolute Gasteiger partial charge is 0.381 e. The summed E-state index contributed by atoms with van der Waals surface area (Å²) in [5, 5.41) is 16.3. The first-order valence-electron chi connectivity index (χ1n) is 9.23. The van der Waals surface area contributed by atoms with E-state index in [1.807, 2.05) is 4.68 Å². The van der Waals surface area contributed by atoms with Crippen molar-refractivity contribution in [1.82, 2.24) is 35.0 Å². The van der Waals surface area contributed by atoms with Crippen LogP contribution in [0.5, 0.6) is 0 Å². The number of tetrazole rings is 1. The van der Waals surface area contributed by atoms with Crippen LogP contribution < -0.4 is 0 Å². The highest BCUT2D eigenvalue weighted by molar-refractivity contribution is 5.42. The van der Waals surface area contributed by atoms with E-state index >= 15 is 0 Å². The van der Waals surface area contributed by atoms with Crippen molar-refractivity contribution >= 4 is 0 Å². The van der Waals surface area contributed by atoms with Crippen molar-refractivity contribution in [3.63, 3.8) is 0 Å². The second-order valence-electron chi connectivity index (χ2n) is 7.00. The van der Waals surface area contributed by atoms with Crippen molar-refractivity contribution < 1.29 is 4.74 Å². The van der Waals surface area contributed by atoms with Crippen molar-refractivity contribution in [3.05, 3.63) is 47.3 Å². The minimum atomic E-state index is 0.354. The molecule has 1 aromatic carbocycles. The first-order chi connectivity index (χ1) is 12.9. The average molecular weight is 351 g/mol. The van der Waals surface area contributed by atoms with Crippen molar-refractivity contribution in [2.75, 3.05) is 13.2 Å². The van der Waals surface area contributed by atoms with Crippen LogP contribution in [0.3, 0.4) is 0 Å². The van der Waals surface area contributed by atoms with Crippen molar-refractivity contribution in [1.29, 1.82) is 0 Å². The molecule has 0 unspecified atom stereocenters. The standard InChI is InChI=1S/C18H21N7O/c1-2-13-4-5-16(10-15(13)3-1)25-17(11-24-12-19-22-23-24)20-18(21-25)14-6-8-26-9-7-14/h4-5,10,12,14H,1-3,6-9,11H2. The fourth-order valence-corrected chi connectivity index (χ4v) is 3.89. The molecule has 1 saturated heterocycles. The van der Waals surface area contributed by atoms with E-state index in [-0.39, 0.29) is 0 Å². The number of ether oxygens (including phenoxy) is 1. The molecular formula is C18H21N7O. The first kappa shape index (κ1) is 15.6. The number of nitrogens with zero attached hydrogens (tertiary/aromatic N) is 7. The van der Waals surface area contributed by atoms with Gasteiger partial charge < -0.3 is 4.74 Å². The van der Waals surface area contributed by atoms with Crippen LogP contribution in [0.2, 0.25) is 0 Å². The molecule has 26 heavy (non-hydrogen) atoms. The molecular weight excluding hydrogens is 330 g/mol. The molecule has 3 heterocycles. The number of rotatable bonds is 4. The molecule has 1 aliphatic heterocycles. The van der Waals surface area contributed by atoms with Crippen LogP contribution in [0, 0.1) is 0 Å². The Morgan fingerprint density at radius 2 is 2.00 bits per heavy atom. The Labute approximate surface area is 151 Å². The molecule has 0 bridgehead atoms. The molecule has 0 saturated carbocycles. The van der Waals surface area contributed by atoms with Crippen molar-refractivity contribution in [3.8, 4) is 5.69 Å². The molecule has 134 valence electrons. The molecule has 5 rings (SSSR count). The van der Waals surface area contributed by atoms with Gasteiger partial charge in [-0.25, -0.2) is 14.3 Å². The van der Waals surface area contributed by atoms with Crippen LogP contribution in [0.1, 0.15) is 48.0 Å². The van der Waals surface area contributed by atoms with Gasteiger partial charge in [-0.1, -0.05) is 6.07 Å². The summed E-state index contributed by atoms with van der Waals surface area (Å²) in [5.74, 6) is 2.11.